The smallest absolute Gasteiger partial charge is 0.255 e. The van der Waals surface area contributed by atoms with Crippen LogP contribution in [0.5, 0.6) is 11.5 Å². The molecule has 3 N–H and O–H groups in total. The monoisotopic (exact) mass is 597 g/mol. The fraction of sp³-hybridized carbons (Fsp3) is 0.364. The molecule has 0 spiro atoms. The lowest BCUT2D eigenvalue weighted by Crippen LogP contribution is -2.56. The average molecular weight is 598 g/mol. The standard InChI is InChI=1S/C33H35N5O6/c1-43-25-7-5-21(6-8-25)31(40)34-23-4-2-3-20(13-23)16-36-11-12-37-24(18-36)19-44-29-15-26-22(14-28(29)37)17-38(33(26)42)27-9-10-30(39)35-32(27)41/h2-8,13-15,24,27,30,39H,9-12,16-19H2,1H3,(H,34,40)(H,35,41)/t24-,27-,30?/m0/s1. The third kappa shape index (κ3) is 5.33. The maximum Gasteiger partial charge on any atom is 0.255 e. The number of anilines is 2. The Kier molecular flexibility index (Phi) is 7.35. The van der Waals surface area contributed by atoms with Crippen molar-refractivity contribution in [2.24, 2.45) is 0 Å². The lowest BCUT2D eigenvalue weighted by Gasteiger charge is -2.45. The summed E-state index contributed by atoms with van der Waals surface area (Å²) in [5.41, 5.74) is 4.88. The number of methoxy groups -OCH3 is 1. The van der Waals surface area contributed by atoms with Crippen LogP contribution in [0.1, 0.15) is 44.7 Å². The van der Waals surface area contributed by atoms with E-state index in [0.29, 0.717) is 48.6 Å². The minimum Gasteiger partial charge on any atom is -0.497 e. The normalized spacial score (nSPS) is 22.8. The van der Waals surface area contributed by atoms with Crippen LogP contribution in [-0.4, -0.2) is 84.3 Å². The number of piperazine rings is 1. The molecule has 2 saturated heterocycles. The van der Waals surface area contributed by atoms with Crippen molar-refractivity contribution in [3.05, 3.63) is 82.9 Å². The number of carbonyl (C=O) groups is 3. The van der Waals surface area contributed by atoms with E-state index in [1.807, 2.05) is 24.3 Å². The molecular weight excluding hydrogens is 562 g/mol. The van der Waals surface area contributed by atoms with E-state index in [1.54, 1.807) is 36.3 Å². The number of rotatable bonds is 6. The van der Waals surface area contributed by atoms with Gasteiger partial charge >= 0.3 is 0 Å². The molecule has 11 nitrogen and oxygen atoms in total. The minimum absolute atomic E-state index is 0.158. The van der Waals surface area contributed by atoms with Crippen LogP contribution in [0.15, 0.2) is 60.7 Å². The Labute approximate surface area is 255 Å². The molecule has 0 saturated carbocycles. The van der Waals surface area contributed by atoms with Crippen molar-refractivity contribution < 1.29 is 29.0 Å². The van der Waals surface area contributed by atoms with Gasteiger partial charge in [-0.3, -0.25) is 19.3 Å². The molecule has 11 heteroatoms. The maximum atomic E-state index is 13.3. The van der Waals surface area contributed by atoms with Gasteiger partial charge in [0, 0.05) is 49.5 Å². The molecule has 0 aliphatic carbocycles. The van der Waals surface area contributed by atoms with Crippen LogP contribution in [0.3, 0.4) is 0 Å². The second kappa shape index (κ2) is 11.5. The Morgan fingerprint density at radius 3 is 2.70 bits per heavy atom. The van der Waals surface area contributed by atoms with Gasteiger partial charge < -0.3 is 35.0 Å². The summed E-state index contributed by atoms with van der Waals surface area (Å²) in [6.07, 6.45) is 0.000371. The Morgan fingerprint density at radius 1 is 1.07 bits per heavy atom. The second-order valence-corrected chi connectivity index (χ2v) is 11.8. The molecule has 0 radical (unpaired) electrons. The zero-order chi connectivity index (χ0) is 30.4. The molecule has 2 fully saturated rings. The third-order valence-electron chi connectivity index (χ3n) is 8.97. The summed E-state index contributed by atoms with van der Waals surface area (Å²) < 4.78 is 11.4. The highest BCUT2D eigenvalue weighted by atomic mass is 16.5. The largest absolute Gasteiger partial charge is 0.497 e. The number of piperidine rings is 1. The number of amides is 3. The van der Waals surface area contributed by atoms with Crippen molar-refractivity contribution >= 4 is 29.1 Å². The predicted molar refractivity (Wildman–Crippen MR) is 163 cm³/mol. The van der Waals surface area contributed by atoms with Gasteiger partial charge in [-0.2, -0.15) is 0 Å². The Balaban J connectivity index is 0.997. The zero-order valence-electron chi connectivity index (χ0n) is 24.5. The summed E-state index contributed by atoms with van der Waals surface area (Å²) in [6, 6.07) is 18.4. The maximum absolute atomic E-state index is 13.3. The molecule has 0 aromatic heterocycles. The first-order valence-corrected chi connectivity index (χ1v) is 15.0. The third-order valence-corrected chi connectivity index (χ3v) is 8.97. The van der Waals surface area contributed by atoms with Gasteiger partial charge in [-0.15, -0.1) is 0 Å². The van der Waals surface area contributed by atoms with E-state index in [2.05, 4.69) is 32.6 Å². The van der Waals surface area contributed by atoms with Gasteiger partial charge in [0.05, 0.1) is 18.8 Å². The molecule has 7 rings (SSSR count). The Bertz CT molecular complexity index is 1610. The SMILES string of the molecule is COc1ccc(C(=O)Nc2cccc(CN3CCN4c5cc6c(cc5OC[C@@H]4C3)C(=O)N([C@H]3CCC(O)NC3=O)C6)c2)cc1. The van der Waals surface area contributed by atoms with Gasteiger partial charge in [0.25, 0.3) is 11.8 Å². The van der Waals surface area contributed by atoms with Crippen molar-refractivity contribution in [3.8, 4) is 11.5 Å². The Hall–Kier alpha value is -4.61. The van der Waals surface area contributed by atoms with Crippen LogP contribution in [0, 0.1) is 0 Å². The van der Waals surface area contributed by atoms with Gasteiger partial charge in [0.15, 0.2) is 0 Å². The lowest BCUT2D eigenvalue weighted by molar-refractivity contribution is -0.132. The highest BCUT2D eigenvalue weighted by Crippen LogP contribution is 2.41. The van der Waals surface area contributed by atoms with Crippen molar-refractivity contribution in [1.82, 2.24) is 15.1 Å². The molecule has 4 heterocycles. The average Bonchev–Trinajstić information content (AvgIpc) is 3.34. The van der Waals surface area contributed by atoms with E-state index in [4.69, 9.17) is 9.47 Å². The van der Waals surface area contributed by atoms with Crippen LogP contribution >= 0.6 is 0 Å². The second-order valence-electron chi connectivity index (χ2n) is 11.8. The topological polar surface area (TPSA) is 124 Å². The van der Waals surface area contributed by atoms with Crippen LogP contribution in [0.25, 0.3) is 0 Å². The molecule has 44 heavy (non-hydrogen) atoms. The molecule has 1 unspecified atom stereocenters. The van der Waals surface area contributed by atoms with Gasteiger partial charge in [-0.25, -0.2) is 0 Å². The van der Waals surface area contributed by atoms with Gasteiger partial charge in [0.2, 0.25) is 5.91 Å². The van der Waals surface area contributed by atoms with Crippen LogP contribution in [0.2, 0.25) is 0 Å². The molecule has 4 aliphatic heterocycles. The van der Waals surface area contributed by atoms with Crippen molar-refractivity contribution in [1.29, 1.82) is 0 Å². The quantitative estimate of drug-likeness (QED) is 0.396. The fourth-order valence-electron chi connectivity index (χ4n) is 6.68. The van der Waals surface area contributed by atoms with Crippen molar-refractivity contribution in [3.63, 3.8) is 0 Å². The van der Waals surface area contributed by atoms with Crippen molar-refractivity contribution in [2.75, 3.05) is 43.6 Å². The lowest BCUT2D eigenvalue weighted by atomic mass is 10.0. The van der Waals surface area contributed by atoms with E-state index in [-0.39, 0.29) is 23.8 Å². The van der Waals surface area contributed by atoms with Crippen LogP contribution in [0.4, 0.5) is 11.4 Å². The highest BCUT2D eigenvalue weighted by molar-refractivity contribution is 6.04. The predicted octanol–water partition coefficient (Wildman–Crippen LogP) is 2.58. The number of nitrogens with one attached hydrogen (secondary N) is 2. The summed E-state index contributed by atoms with van der Waals surface area (Å²) in [7, 11) is 1.59. The first-order chi connectivity index (χ1) is 21.4. The van der Waals surface area contributed by atoms with Gasteiger partial charge in [-0.1, -0.05) is 12.1 Å². The summed E-state index contributed by atoms with van der Waals surface area (Å²) in [5, 5.41) is 15.3. The number of aliphatic hydroxyl groups is 1. The number of nitrogens with zero attached hydrogens (tertiary/aromatic N) is 3. The van der Waals surface area contributed by atoms with Crippen LogP contribution in [-0.2, 0) is 17.9 Å². The molecule has 3 amide bonds. The molecule has 3 aromatic carbocycles. The van der Waals surface area contributed by atoms with Gasteiger partial charge in [-0.05, 0) is 72.5 Å². The van der Waals surface area contributed by atoms with E-state index >= 15 is 0 Å². The van der Waals surface area contributed by atoms with E-state index in [0.717, 1.165) is 48.7 Å². The van der Waals surface area contributed by atoms with E-state index in [9.17, 15) is 19.5 Å². The summed E-state index contributed by atoms with van der Waals surface area (Å²) in [6.45, 7) is 4.11. The van der Waals surface area contributed by atoms with Crippen LogP contribution < -0.4 is 25.0 Å². The zero-order valence-corrected chi connectivity index (χ0v) is 24.5. The summed E-state index contributed by atoms with van der Waals surface area (Å²) in [5.74, 6) is 0.749. The van der Waals surface area contributed by atoms with E-state index in [1.165, 1.54) is 0 Å². The highest BCUT2D eigenvalue weighted by Gasteiger charge is 2.41. The molecule has 3 atom stereocenters. The number of hydrogen-bond acceptors (Lipinski definition) is 8. The summed E-state index contributed by atoms with van der Waals surface area (Å²) in [4.78, 5) is 44.9. The molecule has 0 bridgehead atoms. The first-order valence-electron chi connectivity index (χ1n) is 15.0. The molecular formula is C33H35N5O6. The number of hydrogen-bond donors (Lipinski definition) is 3. The number of fused-ring (bicyclic) bond motifs is 4. The first kappa shape index (κ1) is 28.2. The summed E-state index contributed by atoms with van der Waals surface area (Å²) >= 11 is 0. The number of ether oxygens (including phenoxy) is 2. The van der Waals surface area contributed by atoms with E-state index < -0.39 is 12.3 Å². The molecule has 228 valence electrons. The number of carbonyl (C=O) groups excluding carboxylic acids is 3. The van der Waals surface area contributed by atoms with Gasteiger partial charge in [0.1, 0.15) is 30.4 Å². The fourth-order valence-corrected chi connectivity index (χ4v) is 6.68. The Morgan fingerprint density at radius 2 is 1.91 bits per heavy atom. The number of aliphatic hydroxyl groups excluding tert-OH is 1. The minimum atomic E-state index is -0.856. The molecule has 3 aromatic rings. The van der Waals surface area contributed by atoms with Crippen molar-refractivity contribution in [2.45, 2.75) is 44.2 Å². The number of benzene rings is 3. The molecule has 4 aliphatic rings.